The molecule has 0 aromatic heterocycles. The summed E-state index contributed by atoms with van der Waals surface area (Å²) in [7, 11) is 1.53. The third-order valence-electron chi connectivity index (χ3n) is 8.28. The van der Waals surface area contributed by atoms with Crippen molar-refractivity contribution in [3.05, 3.63) is 76.8 Å². The van der Waals surface area contributed by atoms with Gasteiger partial charge in [-0.3, -0.25) is 19.2 Å². The van der Waals surface area contributed by atoms with Crippen molar-refractivity contribution in [2.75, 3.05) is 7.11 Å². The molecule has 2 saturated carbocycles. The number of amides is 3. The van der Waals surface area contributed by atoms with Crippen molar-refractivity contribution >= 4 is 35.1 Å². The number of allylic oxidation sites excluding steroid dienone is 2. The molecule has 2 aromatic rings. The van der Waals surface area contributed by atoms with Crippen molar-refractivity contribution in [2.45, 2.75) is 19.4 Å². The van der Waals surface area contributed by atoms with E-state index in [2.05, 4.69) is 12.2 Å². The Hall–Kier alpha value is -3.45. The number of Topliss-reactive ketones (excluding diaryl/α,β-unsaturated/α-hetero) is 1. The van der Waals surface area contributed by atoms with E-state index < -0.39 is 35.6 Å². The van der Waals surface area contributed by atoms with Crippen LogP contribution in [0.2, 0.25) is 5.02 Å². The van der Waals surface area contributed by atoms with Crippen molar-refractivity contribution in [2.24, 2.45) is 35.5 Å². The largest absolute Gasteiger partial charge is 0.497 e. The lowest BCUT2D eigenvalue weighted by atomic mass is 9.63. The molecule has 3 amide bonds. The van der Waals surface area contributed by atoms with Gasteiger partial charge in [0, 0.05) is 16.1 Å². The van der Waals surface area contributed by atoms with Crippen LogP contribution in [0, 0.1) is 35.5 Å². The van der Waals surface area contributed by atoms with Gasteiger partial charge in [0.1, 0.15) is 11.8 Å². The van der Waals surface area contributed by atoms with Crippen molar-refractivity contribution in [1.29, 1.82) is 0 Å². The van der Waals surface area contributed by atoms with E-state index >= 15 is 0 Å². The molecule has 7 rings (SSSR count). The number of benzene rings is 2. The molecule has 0 N–H and O–H groups in total. The SMILES string of the molecule is COc1ccc(C(=O)[C@H](C)N(C(=O)c2ccc(Cl)cc2)N2C(=O)[C@@H]3[C@H]4C=C[C@@H]([C@@H]5C[C@H]45)[C@@H]3C2=O)cc1. The number of carbonyl (C=O) groups is 4. The van der Waals surface area contributed by atoms with Gasteiger partial charge in [-0.1, -0.05) is 23.8 Å². The molecule has 1 aliphatic heterocycles. The quantitative estimate of drug-likeness (QED) is 0.337. The van der Waals surface area contributed by atoms with Gasteiger partial charge in [-0.2, -0.15) is 5.01 Å². The molecular weight excluding hydrogens is 480 g/mol. The molecule has 8 heteroatoms. The van der Waals surface area contributed by atoms with E-state index in [-0.39, 0.29) is 23.2 Å². The zero-order chi connectivity index (χ0) is 25.3. The summed E-state index contributed by atoms with van der Waals surface area (Å²) in [6.07, 6.45) is 5.19. The third kappa shape index (κ3) is 3.33. The fourth-order valence-corrected chi connectivity index (χ4v) is 6.55. The number of rotatable bonds is 6. The molecule has 7 atom stereocenters. The fraction of sp³-hybridized carbons (Fsp3) is 0.357. The first kappa shape index (κ1) is 23.0. The Balaban J connectivity index is 1.38. The molecule has 4 aliphatic carbocycles. The van der Waals surface area contributed by atoms with Crippen LogP contribution in [0.5, 0.6) is 5.75 Å². The predicted molar refractivity (Wildman–Crippen MR) is 131 cm³/mol. The topological polar surface area (TPSA) is 84.0 Å². The Morgan fingerprint density at radius 1 is 0.917 bits per heavy atom. The highest BCUT2D eigenvalue weighted by Gasteiger charge is 2.68. The number of halogens is 1. The van der Waals surface area contributed by atoms with Crippen LogP contribution in [0.1, 0.15) is 34.1 Å². The molecule has 2 bridgehead atoms. The van der Waals surface area contributed by atoms with Crippen LogP contribution in [0.15, 0.2) is 60.7 Å². The van der Waals surface area contributed by atoms with E-state index in [1.165, 1.54) is 19.2 Å². The summed E-state index contributed by atoms with van der Waals surface area (Å²) in [5.41, 5.74) is 0.574. The molecule has 184 valence electrons. The molecule has 1 saturated heterocycles. The van der Waals surface area contributed by atoms with E-state index in [0.717, 1.165) is 16.4 Å². The first-order chi connectivity index (χ1) is 17.3. The van der Waals surface area contributed by atoms with Gasteiger partial charge >= 0.3 is 0 Å². The second-order valence-electron chi connectivity index (χ2n) is 10.1. The predicted octanol–water partition coefficient (Wildman–Crippen LogP) is 4.03. The van der Waals surface area contributed by atoms with E-state index in [0.29, 0.717) is 28.2 Å². The summed E-state index contributed by atoms with van der Waals surface area (Å²) >= 11 is 6.01. The second-order valence-corrected chi connectivity index (χ2v) is 10.5. The Morgan fingerprint density at radius 3 is 1.97 bits per heavy atom. The number of hydrogen-bond donors (Lipinski definition) is 0. The molecule has 5 aliphatic rings. The van der Waals surface area contributed by atoms with Gasteiger partial charge in [0.25, 0.3) is 17.7 Å². The zero-order valence-electron chi connectivity index (χ0n) is 19.8. The van der Waals surface area contributed by atoms with E-state index in [9.17, 15) is 19.2 Å². The van der Waals surface area contributed by atoms with Crippen LogP contribution in [0.4, 0.5) is 0 Å². The summed E-state index contributed by atoms with van der Waals surface area (Å²) < 4.78 is 5.17. The number of imide groups is 1. The lowest BCUT2D eigenvalue weighted by molar-refractivity contribution is -0.156. The number of ketones is 1. The van der Waals surface area contributed by atoms with Gasteiger partial charge in [-0.25, -0.2) is 5.01 Å². The molecule has 0 radical (unpaired) electrons. The molecule has 0 unspecified atom stereocenters. The lowest BCUT2D eigenvalue weighted by Gasteiger charge is -2.37. The number of hydrazine groups is 1. The first-order valence-electron chi connectivity index (χ1n) is 12.1. The van der Waals surface area contributed by atoms with Gasteiger partial charge in [-0.15, -0.1) is 0 Å². The van der Waals surface area contributed by atoms with Gasteiger partial charge in [0.2, 0.25) is 0 Å². The zero-order valence-corrected chi connectivity index (χ0v) is 20.6. The highest BCUT2D eigenvalue weighted by Crippen LogP contribution is 2.65. The minimum Gasteiger partial charge on any atom is -0.497 e. The Kier molecular flexibility index (Phi) is 5.30. The molecule has 3 fully saturated rings. The van der Waals surface area contributed by atoms with Gasteiger partial charge in [0.05, 0.1) is 18.9 Å². The lowest BCUT2D eigenvalue weighted by Crippen LogP contribution is -2.56. The number of carbonyl (C=O) groups excluding carboxylic acids is 4. The molecule has 2 aromatic carbocycles. The van der Waals surface area contributed by atoms with Crippen molar-refractivity contribution in [1.82, 2.24) is 10.0 Å². The maximum absolute atomic E-state index is 13.8. The summed E-state index contributed by atoms with van der Waals surface area (Å²) in [4.78, 5) is 55.0. The van der Waals surface area contributed by atoms with Crippen LogP contribution in [0.25, 0.3) is 0 Å². The van der Waals surface area contributed by atoms with Crippen LogP contribution in [-0.2, 0) is 9.59 Å². The van der Waals surface area contributed by atoms with Crippen molar-refractivity contribution < 1.29 is 23.9 Å². The minimum atomic E-state index is -1.10. The van der Waals surface area contributed by atoms with E-state index in [1.807, 2.05) is 0 Å². The fourth-order valence-electron chi connectivity index (χ4n) is 6.43. The van der Waals surface area contributed by atoms with Crippen molar-refractivity contribution in [3.63, 3.8) is 0 Å². The summed E-state index contributed by atoms with van der Waals surface area (Å²) in [6.45, 7) is 1.55. The molecular formula is C28H25ClN2O5. The van der Waals surface area contributed by atoms with E-state index in [4.69, 9.17) is 16.3 Å². The maximum Gasteiger partial charge on any atom is 0.273 e. The number of hydrogen-bond acceptors (Lipinski definition) is 5. The highest BCUT2D eigenvalue weighted by atomic mass is 35.5. The Bertz CT molecular complexity index is 1270. The standard InChI is InChI=1S/C28H25ClN2O5/c1-14(25(32)15-5-9-18(36-2)10-6-15)30(26(33)16-3-7-17(29)8-4-16)31-27(34)23-19-11-12-20(22-13-21(19)22)24(23)28(31)35/h3-12,14,19-24H,13H2,1-2H3/t14-,19-,20-,21-,22+,23-,24+/m0/s1. The summed E-state index contributed by atoms with van der Waals surface area (Å²) in [6, 6.07) is 11.6. The van der Waals surface area contributed by atoms with E-state index in [1.54, 1.807) is 43.3 Å². The average molecular weight is 505 g/mol. The Morgan fingerprint density at radius 2 is 1.44 bits per heavy atom. The van der Waals surface area contributed by atoms with Crippen LogP contribution >= 0.6 is 11.6 Å². The average Bonchev–Trinajstić information content (AvgIpc) is 3.68. The molecule has 36 heavy (non-hydrogen) atoms. The summed E-state index contributed by atoms with van der Waals surface area (Å²) in [5.74, 6) is -1.31. The maximum atomic E-state index is 13.8. The van der Waals surface area contributed by atoms with Gasteiger partial charge in [-0.05, 0) is 85.5 Å². The monoisotopic (exact) mass is 504 g/mol. The number of ether oxygens (including phenoxy) is 1. The first-order valence-corrected chi connectivity index (χ1v) is 12.5. The third-order valence-corrected chi connectivity index (χ3v) is 8.53. The second kappa shape index (κ2) is 8.30. The smallest absolute Gasteiger partial charge is 0.273 e. The van der Waals surface area contributed by atoms with Gasteiger partial charge in [0.15, 0.2) is 5.78 Å². The molecule has 0 spiro atoms. The van der Waals surface area contributed by atoms with Crippen molar-refractivity contribution in [3.8, 4) is 5.75 Å². The minimum absolute atomic E-state index is 0.00605. The van der Waals surface area contributed by atoms with Crippen LogP contribution in [0.3, 0.4) is 0 Å². The normalized spacial score (nSPS) is 30.0. The van der Waals surface area contributed by atoms with Gasteiger partial charge < -0.3 is 4.74 Å². The number of nitrogens with zero attached hydrogens (tertiary/aromatic N) is 2. The number of methoxy groups -OCH3 is 1. The van der Waals surface area contributed by atoms with Crippen LogP contribution in [-0.4, -0.2) is 46.7 Å². The summed E-state index contributed by atoms with van der Waals surface area (Å²) in [5, 5.41) is 2.47. The molecule has 7 nitrogen and oxygen atoms in total. The molecule has 1 heterocycles. The highest BCUT2D eigenvalue weighted by molar-refractivity contribution is 6.30. The van der Waals surface area contributed by atoms with Crippen LogP contribution < -0.4 is 4.74 Å². The Labute approximate surface area is 213 Å².